The molecule has 1 aliphatic heterocycles. The Morgan fingerprint density at radius 2 is 2.12 bits per heavy atom. The van der Waals surface area contributed by atoms with E-state index >= 15 is 0 Å². The summed E-state index contributed by atoms with van der Waals surface area (Å²) in [6, 6.07) is 6.06. The number of para-hydroxylation sites is 1. The molecule has 2 heterocycles. The number of halogens is 2. The standard InChI is InChI=1S/C19H18ClFN2O3/c1-10(2)26-18-13-9-12(19(24)25)11(3)23(16(13)7-8-22-18)17-14(20)5-4-6-15(17)21/h4-8,10H,9H2,1-3H3,(H,24,25). The van der Waals surface area contributed by atoms with Crippen molar-refractivity contribution in [2.45, 2.75) is 33.3 Å². The highest BCUT2D eigenvalue weighted by Gasteiger charge is 2.32. The van der Waals surface area contributed by atoms with Crippen LogP contribution in [0.3, 0.4) is 0 Å². The Bertz CT molecular complexity index is 891. The second-order valence-corrected chi connectivity index (χ2v) is 6.64. The van der Waals surface area contributed by atoms with E-state index in [0.717, 1.165) is 0 Å². The van der Waals surface area contributed by atoms with Gasteiger partial charge in [0.25, 0.3) is 0 Å². The fourth-order valence-corrected chi connectivity index (χ4v) is 3.25. The average molecular weight is 377 g/mol. The number of hydrogen-bond donors (Lipinski definition) is 1. The van der Waals surface area contributed by atoms with E-state index in [1.165, 1.54) is 17.0 Å². The van der Waals surface area contributed by atoms with Crippen LogP contribution < -0.4 is 9.64 Å². The third-order valence-electron chi connectivity index (χ3n) is 4.12. The van der Waals surface area contributed by atoms with Crippen molar-refractivity contribution in [3.63, 3.8) is 0 Å². The monoisotopic (exact) mass is 376 g/mol. The van der Waals surface area contributed by atoms with Crippen LogP contribution in [0.15, 0.2) is 41.7 Å². The third-order valence-corrected chi connectivity index (χ3v) is 4.43. The zero-order valence-corrected chi connectivity index (χ0v) is 15.3. The molecule has 0 fully saturated rings. The summed E-state index contributed by atoms with van der Waals surface area (Å²) in [7, 11) is 0. The van der Waals surface area contributed by atoms with Gasteiger partial charge in [0.1, 0.15) is 11.5 Å². The van der Waals surface area contributed by atoms with Crippen LogP contribution in [0, 0.1) is 5.82 Å². The Morgan fingerprint density at radius 1 is 1.38 bits per heavy atom. The number of aromatic nitrogens is 1. The Balaban J connectivity index is 2.29. The largest absolute Gasteiger partial charge is 0.478 e. The lowest BCUT2D eigenvalue weighted by molar-refractivity contribution is -0.132. The number of carbonyl (C=O) groups is 1. The SMILES string of the molecule is CC1=C(C(=O)O)Cc2c(ccnc2OC(C)C)N1c1c(F)cccc1Cl. The van der Waals surface area contributed by atoms with Crippen LogP contribution in [0.1, 0.15) is 26.3 Å². The Morgan fingerprint density at radius 3 is 2.73 bits per heavy atom. The minimum atomic E-state index is -1.08. The molecule has 26 heavy (non-hydrogen) atoms. The number of aliphatic carboxylic acids is 1. The van der Waals surface area contributed by atoms with Gasteiger partial charge < -0.3 is 14.7 Å². The van der Waals surface area contributed by atoms with Gasteiger partial charge in [0.2, 0.25) is 5.88 Å². The molecule has 1 aromatic heterocycles. The van der Waals surface area contributed by atoms with Crippen molar-refractivity contribution in [3.8, 4) is 5.88 Å². The molecule has 1 aliphatic rings. The number of hydrogen-bond acceptors (Lipinski definition) is 4. The van der Waals surface area contributed by atoms with Crippen LogP contribution in [0.25, 0.3) is 0 Å². The Hall–Kier alpha value is -2.60. The van der Waals surface area contributed by atoms with Gasteiger partial charge in [-0.1, -0.05) is 17.7 Å². The first-order chi connectivity index (χ1) is 12.3. The van der Waals surface area contributed by atoms with Gasteiger partial charge in [-0.3, -0.25) is 0 Å². The maximum Gasteiger partial charge on any atom is 0.333 e. The lowest BCUT2D eigenvalue weighted by Crippen LogP contribution is -2.27. The van der Waals surface area contributed by atoms with Gasteiger partial charge in [-0.15, -0.1) is 0 Å². The molecule has 1 N–H and O–H groups in total. The minimum Gasteiger partial charge on any atom is -0.478 e. The Kier molecular flexibility index (Phi) is 4.87. The van der Waals surface area contributed by atoms with Crippen LogP contribution in [0.4, 0.5) is 15.8 Å². The summed E-state index contributed by atoms with van der Waals surface area (Å²) in [5.41, 5.74) is 1.83. The average Bonchev–Trinajstić information content (AvgIpc) is 2.55. The quantitative estimate of drug-likeness (QED) is 0.836. The molecule has 136 valence electrons. The van der Waals surface area contributed by atoms with Crippen molar-refractivity contribution in [3.05, 3.63) is 58.1 Å². The molecule has 0 spiro atoms. The summed E-state index contributed by atoms with van der Waals surface area (Å²) in [4.78, 5) is 17.5. The van der Waals surface area contributed by atoms with Crippen molar-refractivity contribution < 1.29 is 19.0 Å². The highest BCUT2D eigenvalue weighted by Crippen LogP contribution is 2.45. The second kappa shape index (κ2) is 6.96. The van der Waals surface area contributed by atoms with Crippen molar-refractivity contribution in [1.29, 1.82) is 0 Å². The molecular formula is C19H18ClFN2O3. The summed E-state index contributed by atoms with van der Waals surface area (Å²) in [5, 5.41) is 9.82. The molecule has 5 nitrogen and oxygen atoms in total. The van der Waals surface area contributed by atoms with Gasteiger partial charge in [-0.2, -0.15) is 0 Å². The maximum absolute atomic E-state index is 14.6. The molecule has 2 aromatic rings. The van der Waals surface area contributed by atoms with Gasteiger partial charge in [0.15, 0.2) is 0 Å². The first-order valence-electron chi connectivity index (χ1n) is 8.13. The molecule has 0 aliphatic carbocycles. The van der Waals surface area contributed by atoms with E-state index in [-0.39, 0.29) is 28.8 Å². The van der Waals surface area contributed by atoms with Crippen LogP contribution in [-0.2, 0) is 11.2 Å². The molecule has 0 saturated heterocycles. The number of allylic oxidation sites excluding steroid dienone is 1. The number of rotatable bonds is 4. The molecule has 7 heteroatoms. The van der Waals surface area contributed by atoms with Crippen molar-refractivity contribution in [2.75, 3.05) is 4.90 Å². The number of ether oxygens (including phenoxy) is 1. The predicted molar refractivity (Wildman–Crippen MR) is 97.6 cm³/mol. The van der Waals surface area contributed by atoms with Crippen LogP contribution in [-0.4, -0.2) is 22.2 Å². The van der Waals surface area contributed by atoms with Crippen molar-refractivity contribution in [2.24, 2.45) is 0 Å². The second-order valence-electron chi connectivity index (χ2n) is 6.23. The predicted octanol–water partition coefficient (Wildman–Crippen LogP) is 4.71. The number of benzene rings is 1. The van der Waals surface area contributed by atoms with Gasteiger partial charge >= 0.3 is 5.97 Å². The first-order valence-corrected chi connectivity index (χ1v) is 8.50. The van der Waals surface area contributed by atoms with Gasteiger partial charge in [0.05, 0.1) is 22.4 Å². The zero-order chi connectivity index (χ0) is 19.0. The highest BCUT2D eigenvalue weighted by molar-refractivity contribution is 6.33. The van der Waals surface area contributed by atoms with Crippen LogP contribution in [0.2, 0.25) is 5.02 Å². The number of carboxylic acid groups (broad SMARTS) is 1. The topological polar surface area (TPSA) is 62.7 Å². The molecule has 3 rings (SSSR count). The van der Waals surface area contributed by atoms with E-state index in [4.69, 9.17) is 16.3 Å². The lowest BCUT2D eigenvalue weighted by Gasteiger charge is -2.34. The molecular weight excluding hydrogens is 359 g/mol. The first kappa shape index (κ1) is 18.2. The molecule has 1 aromatic carbocycles. The normalized spacial score (nSPS) is 13.8. The molecule has 0 saturated carbocycles. The lowest BCUT2D eigenvalue weighted by atomic mass is 9.96. The number of nitrogens with zero attached hydrogens (tertiary/aromatic N) is 2. The summed E-state index contributed by atoms with van der Waals surface area (Å²) in [5.74, 6) is -1.29. The highest BCUT2D eigenvalue weighted by atomic mass is 35.5. The van der Waals surface area contributed by atoms with E-state index in [2.05, 4.69) is 4.98 Å². The molecule has 0 unspecified atom stereocenters. The van der Waals surface area contributed by atoms with E-state index in [0.29, 0.717) is 22.8 Å². The fraction of sp³-hybridized carbons (Fsp3) is 0.263. The van der Waals surface area contributed by atoms with Gasteiger partial charge in [0, 0.05) is 23.9 Å². The Labute approximate surface area is 155 Å². The number of fused-ring (bicyclic) bond motifs is 1. The van der Waals surface area contributed by atoms with E-state index in [1.807, 2.05) is 13.8 Å². The van der Waals surface area contributed by atoms with Gasteiger partial charge in [-0.25, -0.2) is 14.2 Å². The number of carboxylic acids is 1. The molecule has 0 atom stereocenters. The van der Waals surface area contributed by atoms with E-state index < -0.39 is 11.8 Å². The van der Waals surface area contributed by atoms with Crippen molar-refractivity contribution in [1.82, 2.24) is 4.98 Å². The summed E-state index contributed by atoms with van der Waals surface area (Å²) < 4.78 is 20.3. The smallest absolute Gasteiger partial charge is 0.333 e. The summed E-state index contributed by atoms with van der Waals surface area (Å²) in [6.45, 7) is 5.35. The van der Waals surface area contributed by atoms with E-state index in [1.54, 1.807) is 25.3 Å². The van der Waals surface area contributed by atoms with Crippen molar-refractivity contribution >= 4 is 28.9 Å². The number of pyridine rings is 1. The molecule has 0 amide bonds. The van der Waals surface area contributed by atoms with Gasteiger partial charge in [-0.05, 0) is 39.0 Å². The minimum absolute atomic E-state index is 0.105. The van der Waals surface area contributed by atoms with E-state index in [9.17, 15) is 14.3 Å². The molecule has 0 radical (unpaired) electrons. The summed E-state index contributed by atoms with van der Waals surface area (Å²) >= 11 is 6.25. The van der Waals surface area contributed by atoms with Crippen LogP contribution >= 0.6 is 11.6 Å². The third kappa shape index (κ3) is 3.12. The summed E-state index contributed by atoms with van der Waals surface area (Å²) in [6.07, 6.45) is 1.55. The zero-order valence-electron chi connectivity index (χ0n) is 14.6. The number of anilines is 2. The van der Waals surface area contributed by atoms with Crippen LogP contribution in [0.5, 0.6) is 5.88 Å². The maximum atomic E-state index is 14.6. The molecule has 0 bridgehead atoms. The fourth-order valence-electron chi connectivity index (χ4n) is 3.01.